The second-order valence-corrected chi connectivity index (χ2v) is 5.03. The number of para-hydroxylation sites is 1. The van der Waals surface area contributed by atoms with Gasteiger partial charge in [0.1, 0.15) is 6.61 Å². The highest BCUT2D eigenvalue weighted by molar-refractivity contribution is 5.46. The highest BCUT2D eigenvalue weighted by Crippen LogP contribution is 2.35. The lowest BCUT2D eigenvalue weighted by Crippen LogP contribution is -2.33. The van der Waals surface area contributed by atoms with Gasteiger partial charge in [0.2, 0.25) is 0 Å². The molecular formula is C17H19NO3. The molecule has 1 aliphatic rings. The first kappa shape index (κ1) is 13.9. The van der Waals surface area contributed by atoms with E-state index in [9.17, 15) is 5.11 Å². The van der Waals surface area contributed by atoms with Gasteiger partial charge in [-0.1, -0.05) is 42.5 Å². The number of hydrogen-bond acceptors (Lipinski definition) is 4. The highest BCUT2D eigenvalue weighted by Gasteiger charge is 2.20. The molecule has 1 saturated heterocycles. The first-order valence-corrected chi connectivity index (χ1v) is 7.15. The molecule has 4 nitrogen and oxygen atoms in total. The average Bonchev–Trinajstić information content (AvgIpc) is 2.56. The zero-order valence-electron chi connectivity index (χ0n) is 11.8. The van der Waals surface area contributed by atoms with E-state index in [4.69, 9.17) is 9.47 Å². The van der Waals surface area contributed by atoms with E-state index < -0.39 is 0 Å². The van der Waals surface area contributed by atoms with Crippen molar-refractivity contribution in [3.05, 3.63) is 59.7 Å². The van der Waals surface area contributed by atoms with Crippen LogP contribution < -0.4 is 10.1 Å². The van der Waals surface area contributed by atoms with Gasteiger partial charge in [-0.05, 0) is 11.6 Å². The maximum absolute atomic E-state index is 10.4. The summed E-state index contributed by atoms with van der Waals surface area (Å²) in [5.74, 6) is 0.660. The second-order valence-electron chi connectivity index (χ2n) is 5.03. The van der Waals surface area contributed by atoms with Crippen LogP contribution in [0.25, 0.3) is 0 Å². The minimum atomic E-state index is -0.126. The molecule has 0 saturated carbocycles. The number of nitrogens with one attached hydrogen (secondary N) is 1. The Balaban J connectivity index is 1.73. The molecule has 3 rings (SSSR count). The first-order chi connectivity index (χ1) is 10.3. The van der Waals surface area contributed by atoms with Crippen molar-refractivity contribution in [1.29, 1.82) is 0 Å². The van der Waals surface area contributed by atoms with Gasteiger partial charge in [0.25, 0.3) is 0 Å². The van der Waals surface area contributed by atoms with Gasteiger partial charge >= 0.3 is 0 Å². The predicted molar refractivity (Wildman–Crippen MR) is 80.4 cm³/mol. The summed E-state index contributed by atoms with van der Waals surface area (Å²) in [7, 11) is 0. The molecule has 0 aromatic heterocycles. The van der Waals surface area contributed by atoms with Gasteiger partial charge in [0.15, 0.2) is 11.5 Å². The largest absolute Gasteiger partial charge is 0.504 e. The fourth-order valence-electron chi connectivity index (χ4n) is 2.42. The minimum absolute atomic E-state index is 0.126. The number of morpholine rings is 1. The number of phenolic OH excluding ortho intramolecular Hbond substituents is 1. The number of phenols is 1. The van der Waals surface area contributed by atoms with Crippen LogP contribution in [-0.4, -0.2) is 24.8 Å². The van der Waals surface area contributed by atoms with E-state index in [2.05, 4.69) is 5.32 Å². The molecule has 0 spiro atoms. The molecular weight excluding hydrogens is 266 g/mol. The van der Waals surface area contributed by atoms with Crippen LogP contribution in [0.3, 0.4) is 0 Å². The van der Waals surface area contributed by atoms with Crippen LogP contribution >= 0.6 is 0 Å². The lowest BCUT2D eigenvalue weighted by Gasteiger charge is -2.25. The van der Waals surface area contributed by atoms with Crippen LogP contribution in [0.1, 0.15) is 17.2 Å². The van der Waals surface area contributed by atoms with E-state index in [0.29, 0.717) is 25.5 Å². The topological polar surface area (TPSA) is 50.7 Å². The van der Waals surface area contributed by atoms with Crippen LogP contribution in [0.4, 0.5) is 0 Å². The van der Waals surface area contributed by atoms with Gasteiger partial charge in [0, 0.05) is 18.7 Å². The Morgan fingerprint density at radius 2 is 2.00 bits per heavy atom. The van der Waals surface area contributed by atoms with Crippen molar-refractivity contribution in [3.8, 4) is 11.5 Å². The zero-order valence-corrected chi connectivity index (χ0v) is 11.8. The van der Waals surface area contributed by atoms with Gasteiger partial charge < -0.3 is 19.9 Å². The van der Waals surface area contributed by atoms with Crippen molar-refractivity contribution >= 4 is 0 Å². The van der Waals surface area contributed by atoms with Crippen molar-refractivity contribution < 1.29 is 14.6 Å². The van der Waals surface area contributed by atoms with E-state index in [1.807, 2.05) is 42.5 Å². The van der Waals surface area contributed by atoms with Gasteiger partial charge in [0.05, 0.1) is 12.7 Å². The predicted octanol–water partition coefficient (Wildman–Crippen LogP) is 2.63. The molecule has 4 heteroatoms. The van der Waals surface area contributed by atoms with Gasteiger partial charge in [-0.3, -0.25) is 0 Å². The van der Waals surface area contributed by atoms with E-state index in [1.165, 1.54) is 0 Å². The Morgan fingerprint density at radius 1 is 1.14 bits per heavy atom. The van der Waals surface area contributed by atoms with Crippen molar-refractivity contribution in [2.45, 2.75) is 12.7 Å². The Morgan fingerprint density at radius 3 is 2.76 bits per heavy atom. The molecule has 0 amide bonds. The quantitative estimate of drug-likeness (QED) is 0.906. The molecule has 2 aromatic rings. The molecule has 110 valence electrons. The molecule has 0 radical (unpaired) electrons. The van der Waals surface area contributed by atoms with Crippen molar-refractivity contribution in [2.24, 2.45) is 0 Å². The molecule has 2 aromatic carbocycles. The van der Waals surface area contributed by atoms with E-state index in [0.717, 1.165) is 17.7 Å². The average molecular weight is 285 g/mol. The van der Waals surface area contributed by atoms with Crippen molar-refractivity contribution in [2.75, 3.05) is 19.7 Å². The van der Waals surface area contributed by atoms with Crippen LogP contribution in [0.2, 0.25) is 0 Å². The fraction of sp³-hybridized carbons (Fsp3) is 0.294. The van der Waals surface area contributed by atoms with Crippen LogP contribution in [0.15, 0.2) is 48.5 Å². The van der Waals surface area contributed by atoms with Gasteiger partial charge in [-0.15, -0.1) is 0 Å². The number of rotatable bonds is 4. The van der Waals surface area contributed by atoms with Crippen molar-refractivity contribution in [3.63, 3.8) is 0 Å². The molecule has 21 heavy (non-hydrogen) atoms. The molecule has 1 heterocycles. The smallest absolute Gasteiger partial charge is 0.163 e. The molecule has 1 aliphatic heterocycles. The maximum atomic E-state index is 10.4. The maximum Gasteiger partial charge on any atom is 0.163 e. The second kappa shape index (κ2) is 6.61. The summed E-state index contributed by atoms with van der Waals surface area (Å²) in [6.45, 7) is 2.64. The third kappa shape index (κ3) is 3.35. The number of benzene rings is 2. The molecule has 1 atom stereocenters. The normalized spacial score (nSPS) is 18.4. The van der Waals surface area contributed by atoms with Gasteiger partial charge in [-0.2, -0.15) is 0 Å². The van der Waals surface area contributed by atoms with E-state index >= 15 is 0 Å². The fourth-order valence-corrected chi connectivity index (χ4v) is 2.42. The third-order valence-corrected chi connectivity index (χ3v) is 3.54. The standard InChI is InChI=1S/C17H19NO3/c19-17-14(16-11-18-9-10-20-16)7-4-8-15(17)21-12-13-5-2-1-3-6-13/h1-8,16,18-19H,9-12H2. The molecule has 0 bridgehead atoms. The summed E-state index contributed by atoms with van der Waals surface area (Å²) in [6.07, 6.45) is -0.126. The first-order valence-electron chi connectivity index (χ1n) is 7.15. The number of ether oxygens (including phenoxy) is 2. The summed E-state index contributed by atoms with van der Waals surface area (Å²) in [6, 6.07) is 15.4. The summed E-state index contributed by atoms with van der Waals surface area (Å²) in [5.41, 5.74) is 1.84. The lowest BCUT2D eigenvalue weighted by molar-refractivity contribution is 0.0260. The lowest BCUT2D eigenvalue weighted by atomic mass is 10.1. The molecule has 1 unspecified atom stereocenters. The van der Waals surface area contributed by atoms with Crippen molar-refractivity contribution in [1.82, 2.24) is 5.32 Å². The van der Waals surface area contributed by atoms with Gasteiger partial charge in [-0.25, -0.2) is 0 Å². The van der Waals surface area contributed by atoms with Crippen LogP contribution in [-0.2, 0) is 11.3 Å². The van der Waals surface area contributed by atoms with Crippen LogP contribution in [0.5, 0.6) is 11.5 Å². The summed E-state index contributed by atoms with van der Waals surface area (Å²) >= 11 is 0. The molecule has 2 N–H and O–H groups in total. The number of hydrogen-bond donors (Lipinski definition) is 2. The molecule has 0 aliphatic carbocycles. The van der Waals surface area contributed by atoms with E-state index in [-0.39, 0.29) is 11.9 Å². The summed E-state index contributed by atoms with van der Waals surface area (Å²) < 4.78 is 11.4. The zero-order chi connectivity index (χ0) is 14.5. The number of aromatic hydroxyl groups is 1. The molecule has 1 fully saturated rings. The van der Waals surface area contributed by atoms with Crippen LogP contribution in [0, 0.1) is 0 Å². The van der Waals surface area contributed by atoms with E-state index in [1.54, 1.807) is 6.07 Å². The SMILES string of the molecule is Oc1c(OCc2ccccc2)cccc1C1CNCCO1. The monoisotopic (exact) mass is 285 g/mol. The summed E-state index contributed by atoms with van der Waals surface area (Å²) in [5, 5.41) is 13.6. The Kier molecular flexibility index (Phi) is 4.38. The Labute approximate surface area is 124 Å². The Bertz CT molecular complexity index is 580. The minimum Gasteiger partial charge on any atom is -0.504 e. The summed E-state index contributed by atoms with van der Waals surface area (Å²) in [4.78, 5) is 0. The highest BCUT2D eigenvalue weighted by atomic mass is 16.5. The Hall–Kier alpha value is -2.04. The third-order valence-electron chi connectivity index (χ3n) is 3.54.